The van der Waals surface area contributed by atoms with Crippen LogP contribution >= 0.6 is 0 Å². The highest BCUT2D eigenvalue weighted by Gasteiger charge is 2.41. The van der Waals surface area contributed by atoms with Crippen LogP contribution in [0.2, 0.25) is 0 Å². The predicted molar refractivity (Wildman–Crippen MR) is 92.7 cm³/mol. The minimum atomic E-state index is 0.0438. The summed E-state index contributed by atoms with van der Waals surface area (Å²) in [5.41, 5.74) is 0. The van der Waals surface area contributed by atoms with Gasteiger partial charge in [-0.05, 0) is 47.9 Å². The SMILES string of the molecule is CCC[C@@H]1C[C@H]1n1nnnc1N1CCCC(CNC(=O)C(C)C)C1. The van der Waals surface area contributed by atoms with Crippen LogP contribution in [0.25, 0.3) is 0 Å². The molecule has 1 amide bonds. The maximum absolute atomic E-state index is 11.8. The fourth-order valence-corrected chi connectivity index (χ4v) is 3.69. The van der Waals surface area contributed by atoms with Crippen LogP contribution in [0.15, 0.2) is 0 Å². The van der Waals surface area contributed by atoms with Crippen molar-refractivity contribution in [2.24, 2.45) is 17.8 Å². The van der Waals surface area contributed by atoms with Gasteiger partial charge in [-0.1, -0.05) is 32.3 Å². The zero-order valence-corrected chi connectivity index (χ0v) is 15.1. The van der Waals surface area contributed by atoms with Crippen molar-refractivity contribution in [1.82, 2.24) is 25.5 Å². The van der Waals surface area contributed by atoms with E-state index in [-0.39, 0.29) is 11.8 Å². The quantitative estimate of drug-likeness (QED) is 0.825. The molecule has 1 saturated heterocycles. The highest BCUT2D eigenvalue weighted by atomic mass is 16.1. The first kappa shape index (κ1) is 17.2. The fraction of sp³-hybridized carbons (Fsp3) is 0.882. The Kier molecular flexibility index (Phi) is 5.36. The second kappa shape index (κ2) is 7.49. The zero-order valence-electron chi connectivity index (χ0n) is 15.1. The lowest BCUT2D eigenvalue weighted by Crippen LogP contribution is -2.42. The molecular weight excluding hydrogens is 304 g/mol. The topological polar surface area (TPSA) is 75.9 Å². The van der Waals surface area contributed by atoms with Gasteiger partial charge >= 0.3 is 0 Å². The molecule has 24 heavy (non-hydrogen) atoms. The van der Waals surface area contributed by atoms with E-state index in [1.54, 1.807) is 0 Å². The number of tetrazole rings is 1. The standard InChI is InChI=1S/C17H30N6O/c1-4-6-14-9-15(14)23-17(19-20-21-23)22-8-5-7-13(11-22)10-18-16(24)12(2)3/h12-15H,4-11H2,1-3H3,(H,18,24)/t13?,14-,15-/m1/s1. The minimum absolute atomic E-state index is 0.0438. The highest BCUT2D eigenvalue weighted by molar-refractivity contribution is 5.77. The van der Waals surface area contributed by atoms with Crippen LogP contribution in [0.1, 0.15) is 58.9 Å². The molecule has 1 unspecified atom stereocenters. The zero-order chi connectivity index (χ0) is 17.1. The summed E-state index contributed by atoms with van der Waals surface area (Å²) >= 11 is 0. The van der Waals surface area contributed by atoms with Gasteiger partial charge in [0.15, 0.2) is 0 Å². The van der Waals surface area contributed by atoms with E-state index in [0.717, 1.165) is 44.3 Å². The van der Waals surface area contributed by atoms with E-state index < -0.39 is 0 Å². The van der Waals surface area contributed by atoms with Gasteiger partial charge in [0.2, 0.25) is 11.9 Å². The maximum atomic E-state index is 11.8. The molecule has 0 radical (unpaired) electrons. The maximum Gasteiger partial charge on any atom is 0.245 e. The summed E-state index contributed by atoms with van der Waals surface area (Å²) in [4.78, 5) is 14.1. The Hall–Kier alpha value is -1.66. The number of piperidine rings is 1. The minimum Gasteiger partial charge on any atom is -0.356 e. The summed E-state index contributed by atoms with van der Waals surface area (Å²) in [7, 11) is 0. The summed E-state index contributed by atoms with van der Waals surface area (Å²) in [5.74, 6) is 2.30. The van der Waals surface area contributed by atoms with Crippen LogP contribution in [0, 0.1) is 17.8 Å². The van der Waals surface area contributed by atoms with Crippen molar-refractivity contribution in [2.45, 2.75) is 58.9 Å². The van der Waals surface area contributed by atoms with Gasteiger partial charge in [0.05, 0.1) is 6.04 Å². The van der Waals surface area contributed by atoms with Crippen molar-refractivity contribution in [1.29, 1.82) is 0 Å². The molecule has 1 aromatic rings. The van der Waals surface area contributed by atoms with Gasteiger partial charge in [-0.25, -0.2) is 4.68 Å². The lowest BCUT2D eigenvalue weighted by molar-refractivity contribution is -0.124. The molecule has 3 rings (SSSR count). The Labute approximate surface area is 144 Å². The number of hydrogen-bond acceptors (Lipinski definition) is 5. The number of amides is 1. The third-order valence-corrected chi connectivity index (χ3v) is 5.23. The van der Waals surface area contributed by atoms with Crippen LogP contribution in [0.5, 0.6) is 0 Å². The van der Waals surface area contributed by atoms with Gasteiger partial charge in [0.25, 0.3) is 0 Å². The van der Waals surface area contributed by atoms with E-state index in [1.807, 2.05) is 18.5 Å². The van der Waals surface area contributed by atoms with Crippen molar-refractivity contribution in [3.8, 4) is 0 Å². The molecule has 1 N–H and O–H groups in total. The predicted octanol–water partition coefficient (Wildman–Crippen LogP) is 2.02. The van der Waals surface area contributed by atoms with Gasteiger partial charge < -0.3 is 10.2 Å². The smallest absolute Gasteiger partial charge is 0.245 e. The molecule has 2 aliphatic rings. The van der Waals surface area contributed by atoms with Gasteiger partial charge in [0.1, 0.15) is 0 Å². The summed E-state index contributed by atoms with van der Waals surface area (Å²) in [6.07, 6.45) is 5.96. The largest absolute Gasteiger partial charge is 0.356 e. The highest BCUT2D eigenvalue weighted by Crippen LogP contribution is 2.47. The van der Waals surface area contributed by atoms with Crippen molar-refractivity contribution in [3.63, 3.8) is 0 Å². The van der Waals surface area contributed by atoms with Crippen molar-refractivity contribution in [3.05, 3.63) is 0 Å². The third-order valence-electron chi connectivity index (χ3n) is 5.23. The molecule has 0 aromatic carbocycles. The Morgan fingerprint density at radius 1 is 1.42 bits per heavy atom. The average Bonchev–Trinajstić information content (AvgIpc) is 3.16. The van der Waals surface area contributed by atoms with E-state index >= 15 is 0 Å². The Morgan fingerprint density at radius 3 is 3.00 bits per heavy atom. The van der Waals surface area contributed by atoms with Gasteiger partial charge in [-0.15, -0.1) is 0 Å². The molecule has 1 aliphatic heterocycles. The molecule has 7 heteroatoms. The fourth-order valence-electron chi connectivity index (χ4n) is 3.69. The Morgan fingerprint density at radius 2 is 2.25 bits per heavy atom. The molecule has 0 spiro atoms. The van der Waals surface area contributed by atoms with E-state index in [9.17, 15) is 4.79 Å². The Bertz CT molecular complexity index is 557. The van der Waals surface area contributed by atoms with Crippen LogP contribution in [0.4, 0.5) is 5.95 Å². The number of carbonyl (C=O) groups excluding carboxylic acids is 1. The number of nitrogens with one attached hydrogen (secondary N) is 1. The second-order valence-corrected chi connectivity index (χ2v) is 7.63. The van der Waals surface area contributed by atoms with Gasteiger partial charge in [-0.2, -0.15) is 0 Å². The van der Waals surface area contributed by atoms with E-state index in [4.69, 9.17) is 0 Å². The molecule has 2 heterocycles. The number of rotatable bonds is 7. The van der Waals surface area contributed by atoms with Crippen LogP contribution < -0.4 is 10.2 Å². The molecular formula is C17H30N6O. The summed E-state index contributed by atoms with van der Waals surface area (Å²) in [5, 5.41) is 15.5. The van der Waals surface area contributed by atoms with Crippen molar-refractivity contribution < 1.29 is 4.79 Å². The average molecular weight is 334 g/mol. The lowest BCUT2D eigenvalue weighted by atomic mass is 9.98. The number of hydrogen-bond donors (Lipinski definition) is 1. The first-order chi connectivity index (χ1) is 11.6. The lowest BCUT2D eigenvalue weighted by Gasteiger charge is -2.33. The number of anilines is 1. The molecule has 134 valence electrons. The van der Waals surface area contributed by atoms with Gasteiger partial charge in [0, 0.05) is 25.6 Å². The normalized spacial score (nSPS) is 26.7. The summed E-state index contributed by atoms with van der Waals surface area (Å²) in [6, 6.07) is 0.482. The van der Waals surface area contributed by atoms with Gasteiger partial charge in [-0.3, -0.25) is 4.79 Å². The molecule has 7 nitrogen and oxygen atoms in total. The third kappa shape index (κ3) is 3.87. The van der Waals surface area contributed by atoms with Crippen LogP contribution in [-0.2, 0) is 4.79 Å². The van der Waals surface area contributed by atoms with E-state index in [0.29, 0.717) is 12.0 Å². The number of nitrogens with zero attached hydrogens (tertiary/aromatic N) is 5. The van der Waals surface area contributed by atoms with E-state index in [1.165, 1.54) is 19.3 Å². The number of carbonyl (C=O) groups is 1. The molecule has 1 saturated carbocycles. The van der Waals surface area contributed by atoms with Crippen molar-refractivity contribution in [2.75, 3.05) is 24.5 Å². The Balaban J connectivity index is 1.58. The van der Waals surface area contributed by atoms with Crippen molar-refractivity contribution >= 4 is 11.9 Å². The number of aromatic nitrogens is 4. The first-order valence-electron chi connectivity index (χ1n) is 9.40. The second-order valence-electron chi connectivity index (χ2n) is 7.63. The van der Waals surface area contributed by atoms with Crippen LogP contribution in [-0.4, -0.2) is 45.7 Å². The summed E-state index contributed by atoms with van der Waals surface area (Å²) < 4.78 is 2.04. The molecule has 3 atom stereocenters. The van der Waals surface area contributed by atoms with E-state index in [2.05, 4.69) is 32.7 Å². The van der Waals surface area contributed by atoms with Crippen LogP contribution in [0.3, 0.4) is 0 Å². The molecule has 1 aromatic heterocycles. The summed E-state index contributed by atoms with van der Waals surface area (Å²) in [6.45, 7) is 8.76. The molecule has 2 fully saturated rings. The monoisotopic (exact) mass is 334 g/mol. The molecule has 0 bridgehead atoms. The first-order valence-corrected chi connectivity index (χ1v) is 9.40. The molecule has 1 aliphatic carbocycles.